The molecule has 4 atom stereocenters. The summed E-state index contributed by atoms with van der Waals surface area (Å²) in [6.45, 7) is 2.49. The normalized spacial score (nSPS) is 29.2. The lowest BCUT2D eigenvalue weighted by Gasteiger charge is -2.26. The summed E-state index contributed by atoms with van der Waals surface area (Å²) in [5.74, 6) is -2.44. The fourth-order valence-corrected chi connectivity index (χ4v) is 5.41. The number of anilines is 1. The molecule has 1 aromatic rings. The maximum absolute atomic E-state index is 13.0. The topological polar surface area (TPSA) is 113 Å². The van der Waals surface area contributed by atoms with E-state index in [1.165, 1.54) is 0 Å². The van der Waals surface area contributed by atoms with Crippen molar-refractivity contribution in [2.45, 2.75) is 64.5 Å². The molecule has 0 unspecified atom stereocenters. The Labute approximate surface area is 164 Å². The van der Waals surface area contributed by atoms with Crippen molar-refractivity contribution < 1.29 is 19.5 Å². The van der Waals surface area contributed by atoms with Crippen molar-refractivity contribution in [3.05, 3.63) is 11.9 Å². The Balaban J connectivity index is 1.52. The Bertz CT molecular complexity index is 783. The van der Waals surface area contributed by atoms with Crippen LogP contribution in [0.25, 0.3) is 0 Å². The van der Waals surface area contributed by atoms with Crippen LogP contribution >= 0.6 is 0 Å². The number of amides is 2. The predicted octanol–water partition coefficient (Wildman–Crippen LogP) is 2.26. The van der Waals surface area contributed by atoms with Gasteiger partial charge in [-0.1, -0.05) is 12.8 Å². The third-order valence-corrected chi connectivity index (χ3v) is 6.75. The third-order valence-electron chi connectivity index (χ3n) is 6.75. The first kappa shape index (κ1) is 19.0. The van der Waals surface area contributed by atoms with Crippen LogP contribution in [0.4, 0.5) is 5.69 Å². The van der Waals surface area contributed by atoms with Gasteiger partial charge in [0.1, 0.15) is 0 Å². The largest absolute Gasteiger partial charge is 0.481 e. The number of aryl methyl sites for hydroxylation is 1. The van der Waals surface area contributed by atoms with E-state index in [1.54, 1.807) is 10.9 Å². The molecule has 3 fully saturated rings. The van der Waals surface area contributed by atoms with Gasteiger partial charge in [0.05, 0.1) is 17.5 Å². The van der Waals surface area contributed by atoms with Crippen LogP contribution in [-0.4, -0.2) is 38.7 Å². The standard InChI is InChI=1S/C20H28N4O4/c1-2-24-10-14(17(23-24)19(26)21-13-5-3-4-6-13)22-18(25)15-11-7-8-12(9-11)16(15)20(27)28/h10-13,15-16H,2-9H2,1H3,(H,21,26)(H,22,25)(H,27,28)/t11-,12-,15-,16+/m0/s1. The van der Waals surface area contributed by atoms with E-state index in [1.807, 2.05) is 6.92 Å². The summed E-state index contributed by atoms with van der Waals surface area (Å²) in [5.41, 5.74) is 0.575. The molecule has 8 nitrogen and oxygen atoms in total. The Hall–Kier alpha value is -2.38. The lowest BCUT2D eigenvalue weighted by atomic mass is 9.78. The molecule has 0 aromatic carbocycles. The van der Waals surface area contributed by atoms with E-state index < -0.39 is 17.8 Å². The molecule has 4 rings (SSSR count). The van der Waals surface area contributed by atoms with Crippen LogP contribution in [0.2, 0.25) is 0 Å². The van der Waals surface area contributed by atoms with E-state index >= 15 is 0 Å². The average Bonchev–Trinajstić information content (AvgIpc) is 3.44. The number of carboxylic acids is 1. The minimum Gasteiger partial charge on any atom is -0.481 e. The first-order chi connectivity index (χ1) is 13.5. The number of carbonyl (C=O) groups excluding carboxylic acids is 2. The molecule has 2 bridgehead atoms. The first-order valence-electron chi connectivity index (χ1n) is 10.4. The highest BCUT2D eigenvalue weighted by molar-refractivity contribution is 6.03. The van der Waals surface area contributed by atoms with E-state index in [4.69, 9.17) is 0 Å². The summed E-state index contributed by atoms with van der Waals surface area (Å²) < 4.78 is 1.62. The number of carbonyl (C=O) groups is 3. The van der Waals surface area contributed by atoms with Crippen molar-refractivity contribution in [1.29, 1.82) is 0 Å². The molecule has 3 aliphatic carbocycles. The van der Waals surface area contributed by atoms with Gasteiger partial charge in [-0.05, 0) is 50.9 Å². The number of aliphatic carboxylic acids is 1. The maximum Gasteiger partial charge on any atom is 0.307 e. The SMILES string of the molecule is CCn1cc(NC(=O)[C@H]2[C@H]3CC[C@@H](C3)[C@H]2C(=O)O)c(C(=O)NC2CCCC2)n1. The molecule has 3 aliphatic rings. The van der Waals surface area contributed by atoms with Gasteiger partial charge < -0.3 is 15.7 Å². The van der Waals surface area contributed by atoms with Gasteiger partial charge in [-0.3, -0.25) is 19.1 Å². The van der Waals surface area contributed by atoms with Gasteiger partial charge in [0.25, 0.3) is 5.91 Å². The molecule has 152 valence electrons. The molecule has 1 aromatic heterocycles. The van der Waals surface area contributed by atoms with E-state index in [-0.39, 0.29) is 35.4 Å². The molecule has 1 heterocycles. The zero-order valence-corrected chi connectivity index (χ0v) is 16.2. The van der Waals surface area contributed by atoms with E-state index in [9.17, 15) is 19.5 Å². The molecule has 0 radical (unpaired) electrons. The monoisotopic (exact) mass is 388 g/mol. The number of aromatic nitrogens is 2. The third kappa shape index (κ3) is 3.40. The lowest BCUT2D eigenvalue weighted by Crippen LogP contribution is -2.38. The quantitative estimate of drug-likeness (QED) is 0.692. The van der Waals surface area contributed by atoms with Crippen LogP contribution < -0.4 is 10.6 Å². The Morgan fingerprint density at radius 2 is 1.82 bits per heavy atom. The van der Waals surface area contributed by atoms with Crippen molar-refractivity contribution in [2.75, 3.05) is 5.32 Å². The molecule has 3 saturated carbocycles. The molecule has 8 heteroatoms. The molecule has 0 spiro atoms. The van der Waals surface area contributed by atoms with Crippen molar-refractivity contribution in [3.8, 4) is 0 Å². The van der Waals surface area contributed by atoms with Gasteiger partial charge in [0, 0.05) is 18.8 Å². The molecule has 0 aliphatic heterocycles. The number of nitrogens with zero attached hydrogens (tertiary/aromatic N) is 2. The smallest absolute Gasteiger partial charge is 0.307 e. The fraction of sp³-hybridized carbons (Fsp3) is 0.700. The van der Waals surface area contributed by atoms with Gasteiger partial charge in [-0.15, -0.1) is 0 Å². The molecule has 3 N–H and O–H groups in total. The van der Waals surface area contributed by atoms with Crippen LogP contribution in [0, 0.1) is 23.7 Å². The number of rotatable bonds is 6. The summed E-state index contributed by atoms with van der Waals surface area (Å²) in [6.07, 6.45) is 8.39. The second-order valence-electron chi connectivity index (χ2n) is 8.41. The number of fused-ring (bicyclic) bond motifs is 2. The summed E-state index contributed by atoms with van der Waals surface area (Å²) in [5, 5.41) is 19.8. The van der Waals surface area contributed by atoms with Crippen LogP contribution in [0.3, 0.4) is 0 Å². The minimum absolute atomic E-state index is 0.0850. The van der Waals surface area contributed by atoms with Gasteiger partial charge in [-0.2, -0.15) is 5.10 Å². The number of nitrogens with one attached hydrogen (secondary N) is 2. The summed E-state index contributed by atoms with van der Waals surface area (Å²) in [7, 11) is 0. The highest BCUT2D eigenvalue weighted by atomic mass is 16.4. The second kappa shape index (κ2) is 7.56. The van der Waals surface area contributed by atoms with E-state index in [0.29, 0.717) is 12.2 Å². The minimum atomic E-state index is -0.893. The number of hydrogen-bond acceptors (Lipinski definition) is 4. The fourth-order valence-electron chi connectivity index (χ4n) is 5.41. The zero-order chi connectivity index (χ0) is 19.8. The second-order valence-corrected chi connectivity index (χ2v) is 8.41. The molecular formula is C20H28N4O4. The van der Waals surface area contributed by atoms with Gasteiger partial charge in [0.15, 0.2) is 5.69 Å². The lowest BCUT2D eigenvalue weighted by molar-refractivity contribution is -0.148. The summed E-state index contributed by atoms with van der Waals surface area (Å²) >= 11 is 0. The van der Waals surface area contributed by atoms with Gasteiger partial charge >= 0.3 is 5.97 Å². The molecule has 2 amide bonds. The van der Waals surface area contributed by atoms with Crippen molar-refractivity contribution in [1.82, 2.24) is 15.1 Å². The Morgan fingerprint density at radius 3 is 2.46 bits per heavy atom. The molecule has 28 heavy (non-hydrogen) atoms. The van der Waals surface area contributed by atoms with Gasteiger partial charge in [0.2, 0.25) is 5.91 Å². The maximum atomic E-state index is 13.0. The summed E-state index contributed by atoms with van der Waals surface area (Å²) in [4.78, 5) is 37.4. The Kier molecular flexibility index (Phi) is 5.12. The number of hydrogen-bond donors (Lipinski definition) is 3. The van der Waals surface area contributed by atoms with Crippen LogP contribution in [0.15, 0.2) is 6.20 Å². The molecular weight excluding hydrogens is 360 g/mol. The zero-order valence-electron chi connectivity index (χ0n) is 16.2. The van der Waals surface area contributed by atoms with Crippen LogP contribution in [-0.2, 0) is 16.1 Å². The predicted molar refractivity (Wildman–Crippen MR) is 102 cm³/mol. The van der Waals surface area contributed by atoms with Crippen LogP contribution in [0.5, 0.6) is 0 Å². The van der Waals surface area contributed by atoms with E-state index in [0.717, 1.165) is 44.9 Å². The van der Waals surface area contributed by atoms with Crippen molar-refractivity contribution in [3.63, 3.8) is 0 Å². The highest BCUT2D eigenvalue weighted by Gasteiger charge is 2.54. The highest BCUT2D eigenvalue weighted by Crippen LogP contribution is 2.52. The summed E-state index contributed by atoms with van der Waals surface area (Å²) in [6, 6.07) is 0.157. The first-order valence-corrected chi connectivity index (χ1v) is 10.4. The van der Waals surface area contributed by atoms with Gasteiger partial charge in [-0.25, -0.2) is 0 Å². The van der Waals surface area contributed by atoms with Crippen LogP contribution in [0.1, 0.15) is 62.4 Å². The number of carboxylic acid groups (broad SMARTS) is 1. The van der Waals surface area contributed by atoms with Crippen molar-refractivity contribution >= 4 is 23.5 Å². The Morgan fingerprint density at radius 1 is 1.14 bits per heavy atom. The molecule has 0 saturated heterocycles. The van der Waals surface area contributed by atoms with Crippen molar-refractivity contribution in [2.24, 2.45) is 23.7 Å². The average molecular weight is 388 g/mol. The van der Waals surface area contributed by atoms with E-state index in [2.05, 4.69) is 15.7 Å².